The van der Waals surface area contributed by atoms with Gasteiger partial charge in [-0.05, 0) is 41.8 Å². The molecular weight excluding hydrogens is 296 g/mol. The van der Waals surface area contributed by atoms with Crippen molar-refractivity contribution < 1.29 is 13.2 Å². The molecule has 1 amide bonds. The molecule has 1 aliphatic heterocycles. The third kappa shape index (κ3) is 4.29. The van der Waals surface area contributed by atoms with Gasteiger partial charge in [-0.15, -0.1) is 0 Å². The second-order valence-corrected chi connectivity index (χ2v) is 8.20. The molecule has 1 aliphatic rings. The van der Waals surface area contributed by atoms with Crippen LogP contribution in [0.15, 0.2) is 16.8 Å². The molecule has 1 aromatic heterocycles. The molecule has 1 fully saturated rings. The quantitative estimate of drug-likeness (QED) is 0.819. The molecule has 0 aliphatic carbocycles. The molecule has 0 bridgehead atoms. The van der Waals surface area contributed by atoms with Crippen molar-refractivity contribution in [3.8, 4) is 0 Å². The zero-order chi connectivity index (χ0) is 14.6. The van der Waals surface area contributed by atoms with Gasteiger partial charge >= 0.3 is 0 Å². The zero-order valence-corrected chi connectivity index (χ0v) is 13.0. The normalized spacial score (nSPS) is 20.3. The number of carbonyl (C=O) groups excluding carboxylic acids is 1. The van der Waals surface area contributed by atoms with Crippen LogP contribution < -0.4 is 5.73 Å². The fraction of sp³-hybridized carbons (Fsp3) is 0.615. The van der Waals surface area contributed by atoms with E-state index in [1.165, 1.54) is 5.56 Å². The van der Waals surface area contributed by atoms with Gasteiger partial charge in [-0.25, -0.2) is 8.42 Å². The number of carbonyl (C=O) groups is 1. The number of hydrogen-bond donors (Lipinski definition) is 1. The number of hydrogen-bond acceptors (Lipinski definition) is 5. The van der Waals surface area contributed by atoms with E-state index in [0.29, 0.717) is 12.6 Å². The third-order valence-electron chi connectivity index (χ3n) is 3.64. The zero-order valence-electron chi connectivity index (χ0n) is 11.3. The van der Waals surface area contributed by atoms with Crippen LogP contribution in [0.5, 0.6) is 0 Å². The average Bonchev–Trinajstić information content (AvgIpc) is 3.04. The lowest BCUT2D eigenvalue weighted by molar-refractivity contribution is -0.117. The van der Waals surface area contributed by atoms with Gasteiger partial charge in [0.05, 0.1) is 11.5 Å². The van der Waals surface area contributed by atoms with Crippen molar-refractivity contribution in [2.75, 3.05) is 24.6 Å². The summed E-state index contributed by atoms with van der Waals surface area (Å²) in [6.45, 7) is 1.47. The minimum absolute atomic E-state index is 0.0870. The lowest BCUT2D eigenvalue weighted by atomic mass is 10.1. The van der Waals surface area contributed by atoms with E-state index in [1.807, 2.05) is 0 Å². The molecule has 7 heteroatoms. The van der Waals surface area contributed by atoms with Crippen LogP contribution >= 0.6 is 11.3 Å². The average molecular weight is 316 g/mol. The Labute approximate surface area is 123 Å². The predicted octanol–water partition coefficient (Wildman–Crippen LogP) is 1.18. The molecule has 5 nitrogen and oxygen atoms in total. The number of sulfone groups is 1. The van der Waals surface area contributed by atoms with Crippen molar-refractivity contribution in [3.63, 3.8) is 0 Å². The third-order valence-corrected chi connectivity index (χ3v) is 5.97. The Bertz CT molecular complexity index is 540. The van der Waals surface area contributed by atoms with Crippen LogP contribution in [-0.2, 0) is 14.6 Å². The molecule has 1 aromatic rings. The van der Waals surface area contributed by atoms with E-state index in [2.05, 4.69) is 21.7 Å². The molecular formula is C13H20N2O3S2. The van der Waals surface area contributed by atoms with Gasteiger partial charge in [0.2, 0.25) is 5.91 Å². The van der Waals surface area contributed by atoms with E-state index in [4.69, 9.17) is 5.73 Å². The monoisotopic (exact) mass is 316 g/mol. The Kier molecular flexibility index (Phi) is 5.17. The summed E-state index contributed by atoms with van der Waals surface area (Å²) in [6, 6.07) is 2.45. The fourth-order valence-corrected chi connectivity index (χ4v) is 4.49. The lowest BCUT2D eigenvalue weighted by Crippen LogP contribution is -2.30. The van der Waals surface area contributed by atoms with Gasteiger partial charge in [-0.2, -0.15) is 11.3 Å². The minimum atomic E-state index is -3.20. The van der Waals surface area contributed by atoms with Gasteiger partial charge in [0.15, 0.2) is 9.84 Å². The first-order chi connectivity index (χ1) is 9.48. The number of likely N-dealkylation sites (tertiary alicyclic amines) is 1. The van der Waals surface area contributed by atoms with Crippen LogP contribution in [0.1, 0.15) is 30.9 Å². The highest BCUT2D eigenvalue weighted by Crippen LogP contribution is 2.32. The minimum Gasteiger partial charge on any atom is -0.370 e. The van der Waals surface area contributed by atoms with Crippen molar-refractivity contribution in [2.45, 2.75) is 25.3 Å². The molecule has 0 spiro atoms. The number of rotatable bonds is 7. The Balaban J connectivity index is 1.88. The van der Waals surface area contributed by atoms with Gasteiger partial charge in [-0.1, -0.05) is 0 Å². The fourth-order valence-electron chi connectivity index (χ4n) is 2.55. The first-order valence-corrected chi connectivity index (χ1v) is 9.49. The number of primary amides is 1. The van der Waals surface area contributed by atoms with Crippen LogP contribution in [-0.4, -0.2) is 43.8 Å². The second-order valence-electron chi connectivity index (χ2n) is 5.12. The number of thiophene rings is 1. The van der Waals surface area contributed by atoms with Gasteiger partial charge in [0, 0.05) is 19.0 Å². The summed E-state index contributed by atoms with van der Waals surface area (Å²) < 4.78 is 23.7. The predicted molar refractivity (Wildman–Crippen MR) is 80.3 cm³/mol. The molecule has 1 atom stereocenters. The maximum absolute atomic E-state index is 11.9. The Morgan fingerprint density at radius 2 is 2.25 bits per heavy atom. The van der Waals surface area contributed by atoms with Crippen LogP contribution in [0, 0.1) is 0 Å². The molecule has 0 aromatic carbocycles. The van der Waals surface area contributed by atoms with Crippen molar-refractivity contribution >= 4 is 27.1 Å². The highest BCUT2D eigenvalue weighted by atomic mass is 32.2. The number of nitrogens with zero attached hydrogens (tertiary/aromatic N) is 1. The molecule has 0 radical (unpaired) electrons. The summed E-state index contributed by atoms with van der Waals surface area (Å²) in [5.74, 6) is -0.605. The van der Waals surface area contributed by atoms with E-state index in [-0.39, 0.29) is 17.9 Å². The molecule has 0 unspecified atom stereocenters. The largest absolute Gasteiger partial charge is 0.370 e. The highest BCUT2D eigenvalue weighted by Gasteiger charge is 2.27. The Morgan fingerprint density at radius 1 is 1.45 bits per heavy atom. The van der Waals surface area contributed by atoms with Crippen LogP contribution in [0.3, 0.4) is 0 Å². The van der Waals surface area contributed by atoms with E-state index in [0.717, 1.165) is 19.4 Å². The standard InChI is InChI=1S/C13H20N2O3S2/c14-13(16)4-8-20(17,18)9-6-15-5-1-2-12(15)11-3-7-19-10-11/h3,7,10,12H,1-2,4-6,8-9H2,(H2,14,16)/t12-/m0/s1. The van der Waals surface area contributed by atoms with Crippen LogP contribution in [0.4, 0.5) is 0 Å². The van der Waals surface area contributed by atoms with Crippen molar-refractivity contribution in [2.24, 2.45) is 5.73 Å². The number of nitrogens with two attached hydrogens (primary N) is 1. The van der Waals surface area contributed by atoms with E-state index in [1.54, 1.807) is 11.3 Å². The molecule has 112 valence electrons. The van der Waals surface area contributed by atoms with E-state index >= 15 is 0 Å². The SMILES string of the molecule is NC(=O)CCS(=O)(=O)CCN1CCC[C@H]1c1ccsc1. The molecule has 2 rings (SSSR count). The van der Waals surface area contributed by atoms with Crippen LogP contribution in [0.25, 0.3) is 0 Å². The van der Waals surface area contributed by atoms with Gasteiger partial charge in [0.1, 0.15) is 0 Å². The van der Waals surface area contributed by atoms with Crippen LogP contribution in [0.2, 0.25) is 0 Å². The summed E-state index contributed by atoms with van der Waals surface area (Å²) in [5, 5.41) is 4.18. The number of amides is 1. The first kappa shape index (κ1) is 15.5. The van der Waals surface area contributed by atoms with Crippen molar-refractivity contribution in [1.82, 2.24) is 4.90 Å². The molecule has 2 N–H and O–H groups in total. The summed E-state index contributed by atoms with van der Waals surface area (Å²) in [6.07, 6.45) is 2.09. The maximum Gasteiger partial charge on any atom is 0.218 e. The summed E-state index contributed by atoms with van der Waals surface area (Å²) in [5.41, 5.74) is 6.27. The highest BCUT2D eigenvalue weighted by molar-refractivity contribution is 7.91. The van der Waals surface area contributed by atoms with Crippen molar-refractivity contribution in [3.05, 3.63) is 22.4 Å². The smallest absolute Gasteiger partial charge is 0.218 e. The second kappa shape index (κ2) is 6.69. The molecule has 20 heavy (non-hydrogen) atoms. The van der Waals surface area contributed by atoms with Gasteiger partial charge in [-0.3, -0.25) is 9.69 Å². The summed E-state index contributed by atoms with van der Waals surface area (Å²) in [7, 11) is -3.20. The topological polar surface area (TPSA) is 80.5 Å². The van der Waals surface area contributed by atoms with Gasteiger partial charge in [0.25, 0.3) is 0 Å². The van der Waals surface area contributed by atoms with Crippen molar-refractivity contribution in [1.29, 1.82) is 0 Å². The first-order valence-electron chi connectivity index (χ1n) is 6.73. The summed E-state index contributed by atoms with van der Waals surface area (Å²) in [4.78, 5) is 12.9. The molecule has 2 heterocycles. The Hall–Kier alpha value is -0.920. The lowest BCUT2D eigenvalue weighted by Gasteiger charge is -2.23. The van der Waals surface area contributed by atoms with E-state index in [9.17, 15) is 13.2 Å². The van der Waals surface area contributed by atoms with E-state index < -0.39 is 15.7 Å². The molecule has 1 saturated heterocycles. The summed E-state index contributed by atoms with van der Waals surface area (Å²) >= 11 is 1.67. The van der Waals surface area contributed by atoms with Gasteiger partial charge < -0.3 is 5.73 Å². The molecule has 0 saturated carbocycles. The maximum atomic E-state index is 11.9. The Morgan fingerprint density at radius 3 is 2.90 bits per heavy atom.